The molecule has 0 aromatic heterocycles. The lowest BCUT2D eigenvalue weighted by atomic mass is 9.81. The second kappa shape index (κ2) is 11.7. The normalized spacial score (nSPS) is 23.7. The summed E-state index contributed by atoms with van der Waals surface area (Å²) in [4.78, 5) is 26.5. The summed E-state index contributed by atoms with van der Waals surface area (Å²) in [5.74, 6) is -1.64. The van der Waals surface area contributed by atoms with Crippen LogP contribution in [0.5, 0.6) is 0 Å². The largest absolute Gasteiger partial charge is 0.469 e. The van der Waals surface area contributed by atoms with E-state index in [0.29, 0.717) is 30.2 Å². The number of alkyl halides is 7. The summed E-state index contributed by atoms with van der Waals surface area (Å²) in [7, 11) is -3.16. The minimum Gasteiger partial charge on any atom is -0.469 e. The van der Waals surface area contributed by atoms with Crippen molar-refractivity contribution < 1.29 is 53.5 Å². The van der Waals surface area contributed by atoms with Crippen LogP contribution in [0, 0.1) is 11.8 Å². The molecule has 1 unspecified atom stereocenters. The third kappa shape index (κ3) is 5.78. The summed E-state index contributed by atoms with van der Waals surface area (Å²) in [5, 5.41) is 0. The van der Waals surface area contributed by atoms with Crippen LogP contribution in [0.1, 0.15) is 43.2 Å². The van der Waals surface area contributed by atoms with E-state index < -0.39 is 50.6 Å². The number of carbonyl (C=O) groups is 2. The monoisotopic (exact) mass is 701 g/mol. The third-order valence-corrected chi connectivity index (χ3v) is 11.3. The average molecular weight is 702 g/mol. The van der Waals surface area contributed by atoms with Crippen molar-refractivity contribution in [1.29, 1.82) is 0 Å². The highest BCUT2D eigenvalue weighted by molar-refractivity contribution is 9.10. The fraction of sp³-hybridized carbons (Fsp3) is 0.500. The summed E-state index contributed by atoms with van der Waals surface area (Å²) in [5.41, 5.74) is -7.62. The van der Waals surface area contributed by atoms with E-state index in [4.69, 9.17) is 4.74 Å². The number of likely N-dealkylation sites (tertiary alicyclic amines) is 1. The lowest BCUT2D eigenvalue weighted by Crippen LogP contribution is -2.50. The molecule has 1 atom stereocenters. The Bertz CT molecular complexity index is 1460. The average Bonchev–Trinajstić information content (AvgIpc) is 3.42. The van der Waals surface area contributed by atoms with Gasteiger partial charge >= 0.3 is 24.0 Å². The maximum atomic E-state index is 14.7. The van der Waals surface area contributed by atoms with Gasteiger partial charge in [0, 0.05) is 29.0 Å². The van der Waals surface area contributed by atoms with Crippen molar-refractivity contribution in [2.75, 3.05) is 20.2 Å². The first kappa shape index (κ1) is 33.2. The Balaban J connectivity index is 1.73. The Morgan fingerprint density at radius 2 is 1.47 bits per heavy atom. The van der Waals surface area contributed by atoms with Crippen molar-refractivity contribution in [3.8, 4) is 0 Å². The van der Waals surface area contributed by atoms with Crippen LogP contribution >= 0.6 is 15.9 Å². The van der Waals surface area contributed by atoms with Gasteiger partial charge < -0.3 is 9.64 Å². The van der Waals surface area contributed by atoms with Crippen LogP contribution < -0.4 is 0 Å². The third-order valence-electron chi connectivity index (χ3n) is 8.37. The van der Waals surface area contributed by atoms with E-state index >= 15 is 0 Å². The van der Waals surface area contributed by atoms with E-state index in [-0.39, 0.29) is 53.4 Å². The number of esters is 1. The number of amides is 1. The fourth-order valence-electron chi connectivity index (χ4n) is 5.93. The minimum absolute atomic E-state index is 0.0666. The second-order valence-corrected chi connectivity index (χ2v) is 13.9. The molecule has 1 amide bonds. The quantitative estimate of drug-likeness (QED) is 0.250. The van der Waals surface area contributed by atoms with Crippen molar-refractivity contribution in [2.45, 2.75) is 59.8 Å². The number of benzene rings is 2. The zero-order valence-corrected chi connectivity index (χ0v) is 25.0. The lowest BCUT2D eigenvalue weighted by molar-refractivity contribution is -0.348. The Morgan fingerprint density at radius 1 is 0.907 bits per heavy atom. The molecule has 15 heteroatoms. The van der Waals surface area contributed by atoms with E-state index in [1.807, 2.05) is 0 Å². The number of hydrogen-bond acceptors (Lipinski definition) is 5. The van der Waals surface area contributed by atoms with Gasteiger partial charge in [-0.2, -0.15) is 26.3 Å². The molecule has 1 aliphatic heterocycles. The molecule has 2 aromatic carbocycles. The van der Waals surface area contributed by atoms with Crippen molar-refractivity contribution in [3.05, 3.63) is 64.1 Å². The summed E-state index contributed by atoms with van der Waals surface area (Å²) < 4.78 is 126. The number of nitrogens with zero attached hydrogens (tertiary/aromatic N) is 1. The number of carbonyl (C=O) groups excluding carboxylic acids is 2. The van der Waals surface area contributed by atoms with Crippen LogP contribution in [0.3, 0.4) is 0 Å². The molecule has 1 heterocycles. The number of halogens is 8. The van der Waals surface area contributed by atoms with Crippen LogP contribution in [0.4, 0.5) is 30.7 Å². The van der Waals surface area contributed by atoms with E-state index in [0.717, 1.165) is 12.1 Å². The zero-order chi connectivity index (χ0) is 32.0. The SMILES string of the molecule is COC(=O)[C@H]1CC[C@H](C(=O)N2CCC(c3ccc(C(F)(C(F)(F)F)C(F)(F)F)cc3)(S(=O)(=O)c3cccc(Br)c3)C2)CC1. The highest BCUT2D eigenvalue weighted by Crippen LogP contribution is 2.54. The molecular weight excluding hydrogens is 675 g/mol. The molecule has 2 aliphatic rings. The Labute approximate surface area is 251 Å². The van der Waals surface area contributed by atoms with Crippen molar-refractivity contribution in [2.24, 2.45) is 11.8 Å². The maximum Gasteiger partial charge on any atom is 0.435 e. The molecule has 43 heavy (non-hydrogen) atoms. The van der Waals surface area contributed by atoms with Crippen LogP contribution in [0.2, 0.25) is 0 Å². The molecule has 0 bridgehead atoms. The van der Waals surface area contributed by atoms with Gasteiger partial charge in [0.2, 0.25) is 5.91 Å². The maximum absolute atomic E-state index is 14.7. The number of hydrogen-bond donors (Lipinski definition) is 0. The van der Waals surface area contributed by atoms with Gasteiger partial charge in [0.25, 0.3) is 0 Å². The molecule has 2 aromatic rings. The lowest BCUT2D eigenvalue weighted by Gasteiger charge is -2.33. The highest BCUT2D eigenvalue weighted by Gasteiger charge is 2.73. The van der Waals surface area contributed by atoms with Crippen molar-refractivity contribution in [1.82, 2.24) is 4.90 Å². The Morgan fingerprint density at radius 3 is 1.98 bits per heavy atom. The second-order valence-electron chi connectivity index (χ2n) is 10.8. The number of sulfone groups is 1. The Hall–Kier alpha value is -2.68. The first-order valence-electron chi connectivity index (χ1n) is 13.2. The molecular formula is C28H27BrF7NO5S. The van der Waals surface area contributed by atoms with Gasteiger partial charge in [-0.1, -0.05) is 46.3 Å². The molecule has 1 saturated carbocycles. The van der Waals surface area contributed by atoms with Gasteiger partial charge in [-0.3, -0.25) is 9.59 Å². The van der Waals surface area contributed by atoms with Gasteiger partial charge in [0.05, 0.1) is 17.9 Å². The number of rotatable bonds is 6. The summed E-state index contributed by atoms with van der Waals surface area (Å²) in [6, 6.07) is 7.64. The predicted octanol–water partition coefficient (Wildman–Crippen LogP) is 6.62. The minimum atomic E-state index is -6.34. The van der Waals surface area contributed by atoms with E-state index in [1.165, 1.54) is 30.2 Å². The first-order chi connectivity index (χ1) is 19.9. The molecule has 6 nitrogen and oxygen atoms in total. The molecule has 2 fully saturated rings. The van der Waals surface area contributed by atoms with E-state index in [2.05, 4.69) is 15.9 Å². The van der Waals surface area contributed by atoms with Gasteiger partial charge in [-0.15, -0.1) is 0 Å². The molecule has 236 valence electrons. The summed E-state index contributed by atoms with van der Waals surface area (Å²) >= 11 is 3.20. The van der Waals surface area contributed by atoms with Crippen molar-refractivity contribution >= 4 is 37.6 Å². The number of methoxy groups -OCH3 is 1. The predicted molar refractivity (Wildman–Crippen MR) is 143 cm³/mol. The van der Waals surface area contributed by atoms with Gasteiger partial charge in [-0.05, 0) is 55.9 Å². The van der Waals surface area contributed by atoms with Crippen LogP contribution in [-0.2, 0) is 34.6 Å². The molecule has 0 radical (unpaired) electrons. The topological polar surface area (TPSA) is 80.8 Å². The Kier molecular flexibility index (Phi) is 9.02. The van der Waals surface area contributed by atoms with Crippen LogP contribution in [0.25, 0.3) is 0 Å². The fourth-order valence-corrected chi connectivity index (χ4v) is 8.61. The zero-order valence-electron chi connectivity index (χ0n) is 22.6. The van der Waals surface area contributed by atoms with Gasteiger partial charge in [0.1, 0.15) is 4.75 Å². The summed E-state index contributed by atoms with van der Waals surface area (Å²) in [6.45, 7) is -0.501. The molecule has 4 rings (SSSR count). The van der Waals surface area contributed by atoms with E-state index in [9.17, 15) is 48.7 Å². The van der Waals surface area contributed by atoms with E-state index in [1.54, 1.807) is 6.07 Å². The van der Waals surface area contributed by atoms with Crippen LogP contribution in [0.15, 0.2) is 57.9 Å². The molecule has 1 aliphatic carbocycles. The molecule has 0 N–H and O–H groups in total. The van der Waals surface area contributed by atoms with Crippen molar-refractivity contribution in [3.63, 3.8) is 0 Å². The highest BCUT2D eigenvalue weighted by atomic mass is 79.9. The summed E-state index contributed by atoms with van der Waals surface area (Å²) in [6.07, 6.45) is -11.4. The van der Waals surface area contributed by atoms with Crippen LogP contribution in [-0.4, -0.2) is 57.7 Å². The molecule has 0 spiro atoms. The standard InChI is InChI=1S/C28H27BrF7NO5S/c1-42-24(39)18-7-5-17(6-8-18)23(38)37-14-13-25(16-37,43(40,41)22-4-2-3-21(29)15-22)19-9-11-20(12-10-19)26(30,27(31,32)33)28(34,35)36/h2-4,9-12,15,17-18H,5-8,13-14,16H2,1H3/t17-,18-,25?. The number of ether oxygens (including phenoxy) is 1. The molecule has 1 saturated heterocycles. The smallest absolute Gasteiger partial charge is 0.435 e. The van der Waals surface area contributed by atoms with Gasteiger partial charge in [0.15, 0.2) is 9.84 Å². The first-order valence-corrected chi connectivity index (χ1v) is 15.5. The van der Waals surface area contributed by atoms with Gasteiger partial charge in [-0.25, -0.2) is 12.8 Å².